The number of piperazine rings is 1. The van der Waals surface area contributed by atoms with Gasteiger partial charge in [-0.05, 0) is 43.7 Å². The van der Waals surface area contributed by atoms with Crippen LogP contribution in [0.15, 0.2) is 47.1 Å². The number of carbonyl (C=O) groups excluding carboxylic acids is 1. The molecule has 0 unspecified atom stereocenters. The average molecular weight is 407 g/mol. The first-order chi connectivity index (χ1) is 14.1. The minimum absolute atomic E-state index is 0.0510. The lowest BCUT2D eigenvalue weighted by Gasteiger charge is -2.34. The largest absolute Gasteiger partial charge is 0.459 e. The summed E-state index contributed by atoms with van der Waals surface area (Å²) in [7, 11) is 0. The molecule has 0 bridgehead atoms. The van der Waals surface area contributed by atoms with Gasteiger partial charge in [-0.1, -0.05) is 23.5 Å². The molecule has 8 heteroatoms. The van der Waals surface area contributed by atoms with Crippen LogP contribution in [0.4, 0.5) is 5.13 Å². The van der Waals surface area contributed by atoms with E-state index in [-0.39, 0.29) is 5.91 Å². The van der Waals surface area contributed by atoms with Gasteiger partial charge in [0.1, 0.15) is 0 Å². The summed E-state index contributed by atoms with van der Waals surface area (Å²) in [5, 5.41) is 5.67. The topological polar surface area (TPSA) is 67.4 Å². The zero-order chi connectivity index (χ0) is 20.0. The molecule has 1 fully saturated rings. The molecule has 3 aromatic heterocycles. The first-order valence-corrected chi connectivity index (χ1v) is 10.4. The molecular formula is C21H21N5O2S. The predicted molar refractivity (Wildman–Crippen MR) is 113 cm³/mol. The summed E-state index contributed by atoms with van der Waals surface area (Å²) in [4.78, 5) is 21.5. The van der Waals surface area contributed by atoms with Gasteiger partial charge in [-0.3, -0.25) is 4.79 Å². The number of aryl methyl sites for hydroxylation is 2. The first-order valence-electron chi connectivity index (χ1n) is 9.61. The third-order valence-corrected chi connectivity index (χ3v) is 6.41. The second kappa shape index (κ2) is 7.04. The van der Waals surface area contributed by atoms with Gasteiger partial charge in [0, 0.05) is 26.2 Å². The molecule has 1 saturated heterocycles. The zero-order valence-electron chi connectivity index (χ0n) is 16.3. The number of rotatable bonds is 3. The molecule has 1 aliphatic heterocycles. The molecule has 0 radical (unpaired) electrons. The van der Waals surface area contributed by atoms with E-state index in [0.29, 0.717) is 18.8 Å². The normalized spacial score (nSPS) is 14.7. The molecule has 1 amide bonds. The molecule has 29 heavy (non-hydrogen) atoms. The highest BCUT2D eigenvalue weighted by Crippen LogP contribution is 2.33. The van der Waals surface area contributed by atoms with Gasteiger partial charge >= 0.3 is 0 Å². The van der Waals surface area contributed by atoms with Crippen LogP contribution in [0, 0.1) is 13.8 Å². The SMILES string of the molecule is Cc1cccc(-n2nc(C)c3sc(N4CCN(C(=O)c5ccco5)CC4)nc32)c1. The summed E-state index contributed by atoms with van der Waals surface area (Å²) in [6, 6.07) is 11.7. The molecule has 1 aromatic carbocycles. The van der Waals surface area contributed by atoms with Crippen LogP contribution in [0.2, 0.25) is 0 Å². The van der Waals surface area contributed by atoms with E-state index < -0.39 is 0 Å². The predicted octanol–water partition coefficient (Wildman–Crippen LogP) is 3.65. The number of aromatic nitrogens is 3. The van der Waals surface area contributed by atoms with Gasteiger partial charge in [0.25, 0.3) is 5.91 Å². The number of furan rings is 1. The van der Waals surface area contributed by atoms with Gasteiger partial charge in [-0.15, -0.1) is 0 Å². The minimum atomic E-state index is -0.0510. The van der Waals surface area contributed by atoms with Crippen molar-refractivity contribution in [2.24, 2.45) is 0 Å². The maximum absolute atomic E-state index is 12.5. The van der Waals surface area contributed by atoms with Crippen LogP contribution >= 0.6 is 11.3 Å². The highest BCUT2D eigenvalue weighted by atomic mass is 32.1. The Labute approximate surface area is 172 Å². The number of carbonyl (C=O) groups is 1. The molecule has 0 aliphatic carbocycles. The smallest absolute Gasteiger partial charge is 0.289 e. The van der Waals surface area contributed by atoms with Crippen molar-refractivity contribution in [3.8, 4) is 5.69 Å². The van der Waals surface area contributed by atoms with Crippen LogP contribution in [0.1, 0.15) is 21.8 Å². The monoisotopic (exact) mass is 407 g/mol. The number of fused-ring (bicyclic) bond motifs is 1. The molecule has 0 saturated carbocycles. The van der Waals surface area contributed by atoms with Crippen molar-refractivity contribution in [1.29, 1.82) is 0 Å². The Bertz CT molecular complexity index is 1170. The molecule has 4 aromatic rings. The molecule has 4 heterocycles. The molecule has 1 aliphatic rings. The first kappa shape index (κ1) is 17.9. The minimum Gasteiger partial charge on any atom is -0.459 e. The Morgan fingerprint density at radius 2 is 1.93 bits per heavy atom. The van der Waals surface area contributed by atoms with E-state index in [0.717, 1.165) is 39.9 Å². The Balaban J connectivity index is 1.38. The highest BCUT2D eigenvalue weighted by Gasteiger charge is 2.26. The van der Waals surface area contributed by atoms with E-state index in [9.17, 15) is 4.79 Å². The van der Waals surface area contributed by atoms with Crippen LogP contribution in [-0.2, 0) is 0 Å². The number of hydrogen-bond donors (Lipinski definition) is 0. The molecule has 5 rings (SSSR count). The van der Waals surface area contributed by atoms with Crippen molar-refractivity contribution in [2.45, 2.75) is 13.8 Å². The van der Waals surface area contributed by atoms with E-state index in [1.807, 2.05) is 22.6 Å². The highest BCUT2D eigenvalue weighted by molar-refractivity contribution is 7.22. The van der Waals surface area contributed by atoms with Gasteiger partial charge in [0.15, 0.2) is 16.5 Å². The maximum Gasteiger partial charge on any atom is 0.289 e. The number of thiazole rings is 1. The second-order valence-electron chi connectivity index (χ2n) is 7.24. The van der Waals surface area contributed by atoms with Gasteiger partial charge < -0.3 is 14.2 Å². The van der Waals surface area contributed by atoms with Crippen molar-refractivity contribution in [1.82, 2.24) is 19.7 Å². The van der Waals surface area contributed by atoms with E-state index in [1.165, 1.54) is 11.8 Å². The van der Waals surface area contributed by atoms with E-state index in [2.05, 4.69) is 30.0 Å². The van der Waals surface area contributed by atoms with Crippen molar-refractivity contribution < 1.29 is 9.21 Å². The quantitative estimate of drug-likeness (QED) is 0.519. The van der Waals surface area contributed by atoms with E-state index in [1.54, 1.807) is 23.5 Å². The molecule has 7 nitrogen and oxygen atoms in total. The lowest BCUT2D eigenvalue weighted by molar-refractivity contribution is 0.0714. The van der Waals surface area contributed by atoms with Gasteiger partial charge in [-0.25, -0.2) is 4.68 Å². The van der Waals surface area contributed by atoms with Crippen LogP contribution in [0.25, 0.3) is 16.0 Å². The summed E-state index contributed by atoms with van der Waals surface area (Å²) in [6.45, 7) is 6.90. The molecular weight excluding hydrogens is 386 g/mol. The zero-order valence-corrected chi connectivity index (χ0v) is 17.1. The van der Waals surface area contributed by atoms with Gasteiger partial charge in [-0.2, -0.15) is 10.1 Å². The van der Waals surface area contributed by atoms with E-state index >= 15 is 0 Å². The standard InChI is InChI=1S/C21H21N5O2S/c1-14-5-3-6-16(13-14)26-19-18(15(2)23-26)29-21(22-19)25-10-8-24(9-11-25)20(27)17-7-4-12-28-17/h3-7,12-13H,8-11H2,1-2H3. The third-order valence-electron chi connectivity index (χ3n) is 5.19. The fraction of sp³-hybridized carbons (Fsp3) is 0.286. The van der Waals surface area contributed by atoms with Crippen molar-refractivity contribution in [3.63, 3.8) is 0 Å². The Kier molecular flexibility index (Phi) is 4.35. The number of benzene rings is 1. The van der Waals surface area contributed by atoms with Crippen molar-refractivity contribution >= 4 is 32.7 Å². The van der Waals surface area contributed by atoms with Crippen LogP contribution in [-0.4, -0.2) is 51.8 Å². The lowest BCUT2D eigenvalue weighted by Crippen LogP contribution is -2.48. The van der Waals surface area contributed by atoms with Crippen LogP contribution in [0.3, 0.4) is 0 Å². The van der Waals surface area contributed by atoms with Crippen LogP contribution in [0.5, 0.6) is 0 Å². The summed E-state index contributed by atoms with van der Waals surface area (Å²) in [5.41, 5.74) is 4.09. The van der Waals surface area contributed by atoms with Crippen molar-refractivity contribution in [2.75, 3.05) is 31.1 Å². The molecule has 148 valence electrons. The number of nitrogens with zero attached hydrogens (tertiary/aromatic N) is 5. The van der Waals surface area contributed by atoms with Gasteiger partial charge in [0.05, 0.1) is 22.3 Å². The van der Waals surface area contributed by atoms with Gasteiger partial charge in [0.2, 0.25) is 0 Å². The summed E-state index contributed by atoms with van der Waals surface area (Å²) < 4.78 is 8.27. The summed E-state index contributed by atoms with van der Waals surface area (Å²) in [6.07, 6.45) is 1.53. The Morgan fingerprint density at radius 3 is 2.66 bits per heavy atom. The van der Waals surface area contributed by atoms with E-state index in [4.69, 9.17) is 14.5 Å². The van der Waals surface area contributed by atoms with Crippen molar-refractivity contribution in [3.05, 3.63) is 59.7 Å². The lowest BCUT2D eigenvalue weighted by atomic mass is 10.2. The number of anilines is 1. The maximum atomic E-state index is 12.5. The third kappa shape index (κ3) is 3.19. The molecule has 0 atom stereocenters. The molecule has 0 N–H and O–H groups in total. The summed E-state index contributed by atoms with van der Waals surface area (Å²) >= 11 is 1.67. The average Bonchev–Trinajstić information content (AvgIpc) is 3.46. The summed E-state index contributed by atoms with van der Waals surface area (Å²) in [5.74, 6) is 0.345. The molecule has 0 spiro atoms. The Hall–Kier alpha value is -3.13. The number of hydrogen-bond acceptors (Lipinski definition) is 6. The fourth-order valence-electron chi connectivity index (χ4n) is 3.66. The fourth-order valence-corrected chi connectivity index (χ4v) is 4.69. The van der Waals surface area contributed by atoms with Crippen LogP contribution < -0.4 is 4.90 Å². The number of amides is 1. The second-order valence-corrected chi connectivity index (χ2v) is 8.22. The Morgan fingerprint density at radius 1 is 1.10 bits per heavy atom.